The van der Waals surface area contributed by atoms with Gasteiger partial charge >= 0.3 is 0 Å². The number of para-hydroxylation sites is 2. The van der Waals surface area contributed by atoms with Crippen LogP contribution in [-0.4, -0.2) is 33.9 Å². The first kappa shape index (κ1) is 17.5. The minimum Gasteiger partial charge on any atom is -0.338 e. The van der Waals surface area contributed by atoms with Crippen molar-refractivity contribution in [3.63, 3.8) is 0 Å². The molecule has 2 aromatic carbocycles. The van der Waals surface area contributed by atoms with E-state index < -0.39 is 0 Å². The van der Waals surface area contributed by atoms with Gasteiger partial charge in [0.25, 0.3) is 0 Å². The topological polar surface area (TPSA) is 46.1 Å². The third-order valence-electron chi connectivity index (χ3n) is 5.07. The second-order valence-electron chi connectivity index (χ2n) is 7.00. The molecule has 3 heterocycles. The van der Waals surface area contributed by atoms with E-state index in [1.165, 1.54) is 4.70 Å². The van der Waals surface area contributed by atoms with Crippen LogP contribution in [0, 0.1) is 0 Å². The minimum absolute atomic E-state index is 0.0602. The van der Waals surface area contributed by atoms with Gasteiger partial charge in [-0.15, -0.1) is 22.7 Å². The van der Waals surface area contributed by atoms with Gasteiger partial charge in [0.15, 0.2) is 0 Å². The number of benzene rings is 2. The van der Waals surface area contributed by atoms with E-state index in [-0.39, 0.29) is 5.91 Å². The Balaban J connectivity index is 1.30. The van der Waals surface area contributed by atoms with Crippen molar-refractivity contribution in [2.45, 2.75) is 18.8 Å². The van der Waals surface area contributed by atoms with Crippen LogP contribution >= 0.6 is 22.7 Å². The number of hydrogen-bond acceptors (Lipinski definition) is 5. The summed E-state index contributed by atoms with van der Waals surface area (Å²) in [6.45, 7) is 1.55. The summed E-state index contributed by atoms with van der Waals surface area (Å²) in [5, 5.41) is 2.02. The number of aromatic nitrogens is 2. The molecule has 0 spiro atoms. The van der Waals surface area contributed by atoms with E-state index in [1.54, 1.807) is 28.7 Å². The fourth-order valence-corrected chi connectivity index (χ4v) is 5.62. The van der Waals surface area contributed by atoms with Crippen molar-refractivity contribution in [2.75, 3.05) is 13.1 Å². The molecule has 28 heavy (non-hydrogen) atoms. The zero-order chi connectivity index (χ0) is 18.9. The first-order chi connectivity index (χ1) is 13.8. The molecule has 0 bridgehead atoms. The van der Waals surface area contributed by atoms with Gasteiger partial charge < -0.3 is 4.90 Å². The molecule has 0 aliphatic carbocycles. The number of carbonyl (C=O) groups excluding carboxylic acids is 1. The van der Waals surface area contributed by atoms with Gasteiger partial charge in [0.05, 0.1) is 25.4 Å². The van der Waals surface area contributed by atoms with Gasteiger partial charge in [0.1, 0.15) is 5.01 Å². The molecule has 1 aliphatic rings. The maximum Gasteiger partial charge on any atom is 0.246 e. The van der Waals surface area contributed by atoms with Gasteiger partial charge in [0.2, 0.25) is 5.91 Å². The smallest absolute Gasteiger partial charge is 0.246 e. The van der Waals surface area contributed by atoms with Gasteiger partial charge in [-0.3, -0.25) is 4.79 Å². The molecule has 4 nitrogen and oxygen atoms in total. The van der Waals surface area contributed by atoms with E-state index in [2.05, 4.69) is 23.2 Å². The maximum absolute atomic E-state index is 12.7. The lowest BCUT2D eigenvalue weighted by molar-refractivity contribution is -0.127. The minimum atomic E-state index is 0.0602. The largest absolute Gasteiger partial charge is 0.338 e. The third kappa shape index (κ3) is 3.45. The van der Waals surface area contributed by atoms with Crippen molar-refractivity contribution in [1.82, 2.24) is 14.9 Å². The van der Waals surface area contributed by atoms with E-state index in [4.69, 9.17) is 4.98 Å². The Kier molecular flexibility index (Phi) is 4.66. The van der Waals surface area contributed by atoms with E-state index in [0.717, 1.165) is 51.7 Å². The molecule has 2 aromatic heterocycles. The molecule has 6 heteroatoms. The highest BCUT2D eigenvalue weighted by Gasteiger charge is 2.26. The molecule has 4 aromatic rings. The molecule has 140 valence electrons. The maximum atomic E-state index is 12.7. The highest BCUT2D eigenvalue weighted by Crippen LogP contribution is 2.33. The van der Waals surface area contributed by atoms with Crippen LogP contribution in [0.15, 0.2) is 54.6 Å². The van der Waals surface area contributed by atoms with Crippen molar-refractivity contribution in [3.8, 4) is 0 Å². The van der Waals surface area contributed by atoms with Gasteiger partial charge in [0, 0.05) is 25.1 Å². The summed E-state index contributed by atoms with van der Waals surface area (Å²) in [5.41, 5.74) is 2.04. The Labute approximate surface area is 171 Å². The highest BCUT2D eigenvalue weighted by molar-refractivity contribution is 7.19. The Bertz CT molecular complexity index is 1110. The van der Waals surface area contributed by atoms with Crippen molar-refractivity contribution < 1.29 is 4.79 Å². The summed E-state index contributed by atoms with van der Waals surface area (Å²) < 4.78 is 2.36. The van der Waals surface area contributed by atoms with Crippen LogP contribution < -0.4 is 0 Å². The summed E-state index contributed by atoms with van der Waals surface area (Å²) in [4.78, 5) is 24.1. The van der Waals surface area contributed by atoms with Gasteiger partial charge in [-0.05, 0) is 43.2 Å². The molecule has 0 radical (unpaired) electrons. The standard InChI is InChI=1S/C22H19N3OS2/c26-21(12-11-20-23-16-7-1-3-9-18(16)27-20)25-13-5-6-15(14-25)22-24-17-8-2-4-10-19(17)28-22/h1-4,7-12,15H,5-6,13-14H2/b12-11+/t15-/m1/s1. The number of thiazole rings is 2. The zero-order valence-corrected chi connectivity index (χ0v) is 16.9. The Morgan fingerprint density at radius 2 is 1.71 bits per heavy atom. The SMILES string of the molecule is O=C(/C=C/c1nc2ccccc2s1)N1CCC[C@@H](c2nc3ccccc3s2)C1. The van der Waals surface area contributed by atoms with Crippen LogP contribution in [0.4, 0.5) is 0 Å². The summed E-state index contributed by atoms with van der Waals surface area (Å²) in [5.74, 6) is 0.385. The normalized spacial score (nSPS) is 17.7. The number of likely N-dealkylation sites (tertiary alicyclic amines) is 1. The van der Waals surface area contributed by atoms with Gasteiger partial charge in [-0.1, -0.05) is 24.3 Å². The summed E-state index contributed by atoms with van der Waals surface area (Å²) in [6.07, 6.45) is 5.61. The van der Waals surface area contributed by atoms with Crippen LogP contribution in [0.25, 0.3) is 26.5 Å². The molecule has 0 unspecified atom stereocenters. The molecular weight excluding hydrogens is 386 g/mol. The van der Waals surface area contributed by atoms with E-state index in [0.29, 0.717) is 5.92 Å². The summed E-state index contributed by atoms with van der Waals surface area (Å²) in [7, 11) is 0. The zero-order valence-electron chi connectivity index (χ0n) is 15.2. The molecule has 1 fully saturated rings. The summed E-state index contributed by atoms with van der Waals surface area (Å²) in [6, 6.07) is 16.3. The molecule has 0 saturated carbocycles. The fourth-order valence-electron chi connectivity index (χ4n) is 3.65. The van der Waals surface area contributed by atoms with Crippen LogP contribution in [0.1, 0.15) is 28.8 Å². The highest BCUT2D eigenvalue weighted by atomic mass is 32.1. The monoisotopic (exact) mass is 405 g/mol. The molecule has 5 rings (SSSR count). The Morgan fingerprint density at radius 1 is 1.00 bits per heavy atom. The van der Waals surface area contributed by atoms with Crippen molar-refractivity contribution in [3.05, 3.63) is 64.6 Å². The molecular formula is C22H19N3OS2. The molecule has 1 aliphatic heterocycles. The van der Waals surface area contributed by atoms with Crippen LogP contribution in [0.3, 0.4) is 0 Å². The number of carbonyl (C=O) groups is 1. The average Bonchev–Trinajstić information content (AvgIpc) is 3.35. The van der Waals surface area contributed by atoms with E-state index >= 15 is 0 Å². The number of piperidine rings is 1. The number of rotatable bonds is 3. The third-order valence-corrected chi connectivity index (χ3v) is 7.27. The van der Waals surface area contributed by atoms with Gasteiger partial charge in [-0.2, -0.15) is 0 Å². The van der Waals surface area contributed by atoms with Crippen LogP contribution in [-0.2, 0) is 4.79 Å². The Morgan fingerprint density at radius 3 is 2.46 bits per heavy atom. The lowest BCUT2D eigenvalue weighted by Crippen LogP contribution is -2.38. The van der Waals surface area contributed by atoms with E-state index in [1.807, 2.05) is 41.3 Å². The van der Waals surface area contributed by atoms with Crippen molar-refractivity contribution in [2.24, 2.45) is 0 Å². The average molecular weight is 406 g/mol. The van der Waals surface area contributed by atoms with Crippen LogP contribution in [0.2, 0.25) is 0 Å². The Hall–Kier alpha value is -2.57. The number of fused-ring (bicyclic) bond motifs is 2. The molecule has 1 amide bonds. The lowest BCUT2D eigenvalue weighted by Gasteiger charge is -2.31. The predicted molar refractivity (Wildman–Crippen MR) is 117 cm³/mol. The quantitative estimate of drug-likeness (QED) is 0.433. The second-order valence-corrected chi connectivity index (χ2v) is 9.12. The van der Waals surface area contributed by atoms with Crippen molar-refractivity contribution >= 4 is 55.1 Å². The molecule has 1 saturated heterocycles. The van der Waals surface area contributed by atoms with Crippen molar-refractivity contribution in [1.29, 1.82) is 0 Å². The van der Waals surface area contributed by atoms with Crippen LogP contribution in [0.5, 0.6) is 0 Å². The molecule has 0 N–H and O–H groups in total. The first-order valence-corrected chi connectivity index (χ1v) is 11.1. The lowest BCUT2D eigenvalue weighted by atomic mass is 9.98. The number of hydrogen-bond donors (Lipinski definition) is 0. The van der Waals surface area contributed by atoms with Gasteiger partial charge in [-0.25, -0.2) is 9.97 Å². The second kappa shape index (κ2) is 7.45. The number of amides is 1. The van der Waals surface area contributed by atoms with E-state index in [9.17, 15) is 4.79 Å². The predicted octanol–water partition coefficient (Wildman–Crippen LogP) is 5.33. The first-order valence-electron chi connectivity index (χ1n) is 9.44. The summed E-state index contributed by atoms with van der Waals surface area (Å²) >= 11 is 3.36. The fraction of sp³-hybridized carbons (Fsp3) is 0.227. The molecule has 1 atom stereocenters. The number of nitrogens with zero attached hydrogens (tertiary/aromatic N) is 3.